The lowest BCUT2D eigenvalue weighted by molar-refractivity contribution is -0.131. The van der Waals surface area contributed by atoms with Crippen LogP contribution in [0.5, 0.6) is 0 Å². The second-order valence-electron chi connectivity index (χ2n) is 7.52. The molecule has 0 radical (unpaired) electrons. The number of nitrogens with zero attached hydrogens (tertiary/aromatic N) is 2. The van der Waals surface area contributed by atoms with Crippen LogP contribution in [0.4, 0.5) is 0 Å². The predicted molar refractivity (Wildman–Crippen MR) is 112 cm³/mol. The van der Waals surface area contributed by atoms with Gasteiger partial charge in [0, 0.05) is 32.7 Å². The van der Waals surface area contributed by atoms with Crippen LogP contribution in [0.25, 0.3) is 0 Å². The zero-order valence-corrected chi connectivity index (χ0v) is 16.5. The van der Waals surface area contributed by atoms with Crippen LogP contribution < -0.4 is 0 Å². The number of hydrogen-bond donors (Lipinski definition) is 0. The topological polar surface area (TPSA) is 23.6 Å². The molecule has 0 aliphatic carbocycles. The predicted octanol–water partition coefficient (Wildman–Crippen LogP) is 4.32. The van der Waals surface area contributed by atoms with E-state index in [-0.39, 0.29) is 11.8 Å². The molecule has 142 valence electrons. The largest absolute Gasteiger partial charge is 0.341 e. The first-order valence-corrected chi connectivity index (χ1v) is 9.89. The van der Waals surface area contributed by atoms with Gasteiger partial charge in [0.25, 0.3) is 0 Å². The summed E-state index contributed by atoms with van der Waals surface area (Å²) in [7, 11) is 0. The molecule has 3 nitrogen and oxygen atoms in total. The maximum absolute atomic E-state index is 13.5. The van der Waals surface area contributed by atoms with Crippen molar-refractivity contribution in [1.29, 1.82) is 0 Å². The molecule has 1 aliphatic heterocycles. The lowest BCUT2D eigenvalue weighted by Gasteiger charge is -2.27. The van der Waals surface area contributed by atoms with E-state index in [4.69, 9.17) is 0 Å². The van der Waals surface area contributed by atoms with E-state index in [0.29, 0.717) is 0 Å². The molecule has 3 rings (SSSR count). The van der Waals surface area contributed by atoms with Crippen LogP contribution in [0.3, 0.4) is 0 Å². The quantitative estimate of drug-likeness (QED) is 0.740. The summed E-state index contributed by atoms with van der Waals surface area (Å²) in [6.45, 7) is 8.87. The monoisotopic (exact) mass is 362 g/mol. The highest BCUT2D eigenvalue weighted by Gasteiger charge is 2.28. The van der Waals surface area contributed by atoms with Crippen molar-refractivity contribution in [2.24, 2.45) is 0 Å². The Bertz CT molecular complexity index is 711. The summed E-state index contributed by atoms with van der Waals surface area (Å²) in [4.78, 5) is 18.0. The highest BCUT2D eigenvalue weighted by atomic mass is 16.2. The van der Waals surface area contributed by atoms with Crippen molar-refractivity contribution >= 4 is 5.91 Å². The lowest BCUT2D eigenvalue weighted by atomic mass is 9.90. The van der Waals surface area contributed by atoms with Crippen molar-refractivity contribution in [2.45, 2.75) is 26.2 Å². The SMILES string of the molecule is CC(C)=CCN1CCCN(C(=O)C(c2ccccc2)c2ccccc2)CC1. The van der Waals surface area contributed by atoms with Gasteiger partial charge in [0.05, 0.1) is 5.92 Å². The van der Waals surface area contributed by atoms with Gasteiger partial charge in [-0.05, 0) is 31.4 Å². The van der Waals surface area contributed by atoms with E-state index in [0.717, 1.165) is 50.3 Å². The number of allylic oxidation sites excluding steroid dienone is 1. The van der Waals surface area contributed by atoms with Gasteiger partial charge in [-0.25, -0.2) is 0 Å². The molecule has 0 unspecified atom stereocenters. The minimum absolute atomic E-state index is 0.219. The molecule has 0 aromatic heterocycles. The fourth-order valence-electron chi connectivity index (χ4n) is 3.64. The second kappa shape index (κ2) is 9.52. The Morgan fingerprint density at radius 1 is 0.889 bits per heavy atom. The van der Waals surface area contributed by atoms with Crippen LogP contribution in [0, 0.1) is 0 Å². The van der Waals surface area contributed by atoms with E-state index in [1.54, 1.807) is 0 Å². The van der Waals surface area contributed by atoms with Crippen LogP contribution in [0.15, 0.2) is 72.3 Å². The molecule has 0 spiro atoms. The maximum atomic E-state index is 13.5. The Hall–Kier alpha value is -2.39. The molecule has 1 aliphatic rings. The second-order valence-corrected chi connectivity index (χ2v) is 7.52. The van der Waals surface area contributed by atoms with Gasteiger partial charge in [-0.1, -0.05) is 72.3 Å². The molecule has 0 N–H and O–H groups in total. The third-order valence-electron chi connectivity index (χ3n) is 5.17. The third-order valence-corrected chi connectivity index (χ3v) is 5.17. The van der Waals surface area contributed by atoms with Gasteiger partial charge >= 0.3 is 0 Å². The average molecular weight is 363 g/mol. The number of rotatable bonds is 5. The van der Waals surface area contributed by atoms with Gasteiger partial charge < -0.3 is 4.90 Å². The summed E-state index contributed by atoms with van der Waals surface area (Å²) < 4.78 is 0. The summed E-state index contributed by atoms with van der Waals surface area (Å²) in [5.74, 6) is -0.00630. The number of benzene rings is 2. The van der Waals surface area contributed by atoms with Crippen LogP contribution >= 0.6 is 0 Å². The maximum Gasteiger partial charge on any atom is 0.234 e. The Kier molecular flexibility index (Phi) is 6.83. The zero-order chi connectivity index (χ0) is 19.1. The molecule has 2 aromatic rings. The normalized spacial score (nSPS) is 15.4. The van der Waals surface area contributed by atoms with Gasteiger partial charge in [0.15, 0.2) is 0 Å². The molecule has 0 saturated carbocycles. The van der Waals surface area contributed by atoms with Crippen LogP contribution in [-0.2, 0) is 4.79 Å². The molecule has 1 saturated heterocycles. The van der Waals surface area contributed by atoms with Gasteiger partial charge in [-0.3, -0.25) is 9.69 Å². The van der Waals surface area contributed by atoms with E-state index >= 15 is 0 Å². The molecule has 1 amide bonds. The lowest BCUT2D eigenvalue weighted by Crippen LogP contribution is -2.38. The van der Waals surface area contributed by atoms with Crippen molar-refractivity contribution in [3.05, 3.63) is 83.4 Å². The Morgan fingerprint density at radius 2 is 1.48 bits per heavy atom. The highest BCUT2D eigenvalue weighted by Crippen LogP contribution is 2.27. The molecule has 1 heterocycles. The molecule has 0 bridgehead atoms. The van der Waals surface area contributed by atoms with E-state index in [1.165, 1.54) is 5.57 Å². The summed E-state index contributed by atoms with van der Waals surface area (Å²) in [5, 5.41) is 0. The van der Waals surface area contributed by atoms with Crippen molar-refractivity contribution < 1.29 is 4.79 Å². The molecule has 1 fully saturated rings. The first-order chi connectivity index (χ1) is 13.1. The minimum Gasteiger partial charge on any atom is -0.341 e. The van der Waals surface area contributed by atoms with Gasteiger partial charge in [-0.2, -0.15) is 0 Å². The van der Waals surface area contributed by atoms with E-state index in [9.17, 15) is 4.79 Å². The molecule has 0 atom stereocenters. The molecule has 2 aromatic carbocycles. The standard InChI is InChI=1S/C24H30N2O/c1-20(2)14-17-25-15-9-16-26(19-18-25)24(27)23(21-10-5-3-6-11-21)22-12-7-4-8-13-22/h3-8,10-14,23H,9,15-19H2,1-2H3. The average Bonchev–Trinajstić information content (AvgIpc) is 2.94. The van der Waals surface area contributed by atoms with Crippen LogP contribution in [0.1, 0.15) is 37.3 Å². The number of carbonyl (C=O) groups is 1. The minimum atomic E-state index is -0.225. The first-order valence-electron chi connectivity index (χ1n) is 9.89. The first kappa shape index (κ1) is 19.4. The van der Waals surface area contributed by atoms with E-state index < -0.39 is 0 Å². The Balaban J connectivity index is 1.77. The smallest absolute Gasteiger partial charge is 0.234 e. The fraction of sp³-hybridized carbons (Fsp3) is 0.375. The van der Waals surface area contributed by atoms with Crippen molar-refractivity contribution in [1.82, 2.24) is 9.80 Å². The highest BCUT2D eigenvalue weighted by molar-refractivity contribution is 5.87. The van der Waals surface area contributed by atoms with Crippen molar-refractivity contribution in [2.75, 3.05) is 32.7 Å². The summed E-state index contributed by atoms with van der Waals surface area (Å²) in [6, 6.07) is 20.3. The zero-order valence-electron chi connectivity index (χ0n) is 16.5. The number of amides is 1. The Labute approximate surface area is 163 Å². The molecular weight excluding hydrogens is 332 g/mol. The fourth-order valence-corrected chi connectivity index (χ4v) is 3.64. The molecule has 3 heteroatoms. The van der Waals surface area contributed by atoms with Gasteiger partial charge in [0.2, 0.25) is 5.91 Å². The van der Waals surface area contributed by atoms with E-state index in [1.807, 2.05) is 36.4 Å². The number of hydrogen-bond acceptors (Lipinski definition) is 2. The molecular formula is C24H30N2O. The summed E-state index contributed by atoms with van der Waals surface area (Å²) >= 11 is 0. The third kappa shape index (κ3) is 5.30. The van der Waals surface area contributed by atoms with Crippen molar-refractivity contribution in [3.8, 4) is 0 Å². The van der Waals surface area contributed by atoms with Crippen LogP contribution in [0.2, 0.25) is 0 Å². The van der Waals surface area contributed by atoms with E-state index in [2.05, 4.69) is 54.0 Å². The molecule has 27 heavy (non-hydrogen) atoms. The summed E-state index contributed by atoms with van der Waals surface area (Å²) in [6.07, 6.45) is 3.30. The number of carbonyl (C=O) groups excluding carboxylic acids is 1. The van der Waals surface area contributed by atoms with Crippen molar-refractivity contribution in [3.63, 3.8) is 0 Å². The van der Waals surface area contributed by atoms with Gasteiger partial charge in [0.1, 0.15) is 0 Å². The van der Waals surface area contributed by atoms with Crippen LogP contribution in [-0.4, -0.2) is 48.4 Å². The summed E-state index contributed by atoms with van der Waals surface area (Å²) in [5.41, 5.74) is 3.49. The van der Waals surface area contributed by atoms with Gasteiger partial charge in [-0.15, -0.1) is 0 Å². The Morgan fingerprint density at radius 3 is 2.04 bits per heavy atom.